The molecule has 1 aromatic rings. The van der Waals surface area contributed by atoms with Crippen molar-refractivity contribution in [2.24, 2.45) is 5.41 Å². The first-order valence-corrected chi connectivity index (χ1v) is 7.11. The second-order valence-electron chi connectivity index (χ2n) is 6.33. The van der Waals surface area contributed by atoms with Crippen molar-refractivity contribution in [3.63, 3.8) is 0 Å². The SMILES string of the molecule is COc1cc(CN2CCCC(C)(C)C2)cc(OC)c1O. The van der Waals surface area contributed by atoms with Gasteiger partial charge in [-0.3, -0.25) is 4.90 Å². The van der Waals surface area contributed by atoms with E-state index in [2.05, 4.69) is 18.7 Å². The number of hydrogen-bond donors (Lipinski definition) is 1. The molecule has 112 valence electrons. The molecule has 1 N–H and O–H groups in total. The van der Waals surface area contributed by atoms with E-state index in [-0.39, 0.29) is 5.75 Å². The van der Waals surface area contributed by atoms with E-state index in [1.165, 1.54) is 12.8 Å². The van der Waals surface area contributed by atoms with E-state index in [0.717, 1.165) is 25.2 Å². The Morgan fingerprint density at radius 3 is 2.30 bits per heavy atom. The van der Waals surface area contributed by atoms with Crippen LogP contribution in [-0.4, -0.2) is 37.3 Å². The van der Waals surface area contributed by atoms with E-state index in [1.807, 2.05) is 12.1 Å². The Morgan fingerprint density at radius 1 is 1.20 bits per heavy atom. The van der Waals surface area contributed by atoms with Crippen LogP contribution in [0, 0.1) is 5.41 Å². The lowest BCUT2D eigenvalue weighted by Crippen LogP contribution is -2.39. The normalized spacial score (nSPS) is 18.8. The van der Waals surface area contributed by atoms with E-state index < -0.39 is 0 Å². The number of piperidine rings is 1. The molecule has 1 saturated heterocycles. The monoisotopic (exact) mass is 279 g/mol. The maximum Gasteiger partial charge on any atom is 0.200 e. The fraction of sp³-hybridized carbons (Fsp3) is 0.625. The Bertz CT molecular complexity index is 446. The minimum Gasteiger partial charge on any atom is -0.502 e. The van der Waals surface area contributed by atoms with Gasteiger partial charge in [0.1, 0.15) is 0 Å². The van der Waals surface area contributed by atoms with Crippen LogP contribution < -0.4 is 9.47 Å². The summed E-state index contributed by atoms with van der Waals surface area (Å²) in [4.78, 5) is 2.45. The van der Waals surface area contributed by atoms with Crippen LogP contribution in [0.1, 0.15) is 32.3 Å². The minimum absolute atomic E-state index is 0.0673. The lowest BCUT2D eigenvalue weighted by Gasteiger charge is -2.38. The van der Waals surface area contributed by atoms with Gasteiger partial charge in [0.25, 0.3) is 0 Å². The first-order valence-electron chi connectivity index (χ1n) is 7.11. The van der Waals surface area contributed by atoms with Crippen LogP contribution in [0.4, 0.5) is 0 Å². The maximum atomic E-state index is 9.94. The fourth-order valence-electron chi connectivity index (χ4n) is 2.98. The second kappa shape index (κ2) is 5.92. The zero-order valence-electron chi connectivity index (χ0n) is 12.9. The number of aromatic hydroxyl groups is 1. The van der Waals surface area contributed by atoms with E-state index in [1.54, 1.807) is 14.2 Å². The van der Waals surface area contributed by atoms with Gasteiger partial charge in [-0.15, -0.1) is 0 Å². The third kappa shape index (κ3) is 3.37. The van der Waals surface area contributed by atoms with Gasteiger partial charge >= 0.3 is 0 Å². The van der Waals surface area contributed by atoms with Crippen molar-refractivity contribution in [2.75, 3.05) is 27.3 Å². The number of rotatable bonds is 4. The number of methoxy groups -OCH3 is 2. The first-order chi connectivity index (χ1) is 9.45. The Hall–Kier alpha value is -1.42. The number of nitrogens with zero attached hydrogens (tertiary/aromatic N) is 1. The molecule has 1 aliphatic heterocycles. The predicted molar refractivity (Wildman–Crippen MR) is 79.5 cm³/mol. The topological polar surface area (TPSA) is 41.9 Å². The molecular weight excluding hydrogens is 254 g/mol. The Kier molecular flexibility index (Phi) is 4.43. The number of hydrogen-bond acceptors (Lipinski definition) is 4. The number of phenols is 1. The van der Waals surface area contributed by atoms with Gasteiger partial charge in [-0.25, -0.2) is 0 Å². The van der Waals surface area contributed by atoms with Crippen molar-refractivity contribution in [1.29, 1.82) is 0 Å². The summed E-state index contributed by atoms with van der Waals surface area (Å²) in [5.74, 6) is 1.00. The lowest BCUT2D eigenvalue weighted by molar-refractivity contribution is 0.111. The van der Waals surface area contributed by atoms with E-state index >= 15 is 0 Å². The standard InChI is InChI=1S/C16H25NO3/c1-16(2)6-5-7-17(11-16)10-12-8-13(19-3)15(18)14(9-12)20-4/h8-9,18H,5-7,10-11H2,1-4H3. The quantitative estimate of drug-likeness (QED) is 0.920. The van der Waals surface area contributed by atoms with Crippen molar-refractivity contribution in [3.8, 4) is 17.2 Å². The highest BCUT2D eigenvalue weighted by Crippen LogP contribution is 2.38. The van der Waals surface area contributed by atoms with Crippen molar-refractivity contribution in [2.45, 2.75) is 33.2 Å². The molecule has 1 fully saturated rings. The van der Waals surface area contributed by atoms with Crippen LogP contribution in [0.15, 0.2) is 12.1 Å². The Labute approximate surface area is 121 Å². The van der Waals surface area contributed by atoms with Crippen LogP contribution in [0.25, 0.3) is 0 Å². The summed E-state index contributed by atoms with van der Waals surface area (Å²) in [6.45, 7) is 7.71. The van der Waals surface area contributed by atoms with Gasteiger partial charge in [0.15, 0.2) is 11.5 Å². The van der Waals surface area contributed by atoms with Crippen molar-refractivity contribution in [1.82, 2.24) is 4.90 Å². The Morgan fingerprint density at radius 2 is 1.80 bits per heavy atom. The van der Waals surface area contributed by atoms with E-state index in [0.29, 0.717) is 16.9 Å². The summed E-state index contributed by atoms with van der Waals surface area (Å²) in [5.41, 5.74) is 1.48. The molecule has 0 saturated carbocycles. The van der Waals surface area contributed by atoms with Gasteiger partial charge in [0.05, 0.1) is 14.2 Å². The lowest BCUT2D eigenvalue weighted by atomic mass is 9.84. The molecule has 2 rings (SSSR count). The fourth-order valence-corrected chi connectivity index (χ4v) is 2.98. The molecule has 0 radical (unpaired) electrons. The molecule has 0 aromatic heterocycles. The largest absolute Gasteiger partial charge is 0.502 e. The zero-order valence-corrected chi connectivity index (χ0v) is 12.9. The van der Waals surface area contributed by atoms with Crippen LogP contribution in [0.3, 0.4) is 0 Å². The number of likely N-dealkylation sites (tertiary alicyclic amines) is 1. The highest BCUT2D eigenvalue weighted by molar-refractivity contribution is 5.52. The van der Waals surface area contributed by atoms with Gasteiger partial charge in [-0.05, 0) is 42.5 Å². The summed E-state index contributed by atoms with van der Waals surface area (Å²) < 4.78 is 10.4. The maximum absolute atomic E-state index is 9.94. The average Bonchev–Trinajstić information content (AvgIpc) is 2.39. The van der Waals surface area contributed by atoms with E-state index in [9.17, 15) is 5.11 Å². The van der Waals surface area contributed by atoms with Gasteiger partial charge in [0.2, 0.25) is 5.75 Å². The number of ether oxygens (including phenoxy) is 2. The molecule has 0 amide bonds. The van der Waals surface area contributed by atoms with Gasteiger partial charge in [-0.2, -0.15) is 0 Å². The van der Waals surface area contributed by atoms with Crippen LogP contribution in [-0.2, 0) is 6.54 Å². The average molecular weight is 279 g/mol. The summed E-state index contributed by atoms with van der Waals surface area (Å²) in [6.07, 6.45) is 2.52. The molecule has 0 unspecified atom stereocenters. The van der Waals surface area contributed by atoms with Gasteiger partial charge < -0.3 is 14.6 Å². The molecule has 0 atom stereocenters. The highest BCUT2D eigenvalue weighted by atomic mass is 16.5. The molecule has 4 heteroatoms. The second-order valence-corrected chi connectivity index (χ2v) is 6.33. The smallest absolute Gasteiger partial charge is 0.200 e. The number of benzene rings is 1. The third-order valence-electron chi connectivity index (χ3n) is 3.93. The van der Waals surface area contributed by atoms with E-state index in [4.69, 9.17) is 9.47 Å². The van der Waals surface area contributed by atoms with Crippen LogP contribution >= 0.6 is 0 Å². The van der Waals surface area contributed by atoms with Crippen LogP contribution in [0.2, 0.25) is 0 Å². The third-order valence-corrected chi connectivity index (χ3v) is 3.93. The minimum atomic E-state index is 0.0673. The predicted octanol–water partition coefficient (Wildman–Crippen LogP) is 3.03. The first kappa shape index (κ1) is 15.0. The molecule has 1 heterocycles. The van der Waals surface area contributed by atoms with Gasteiger partial charge in [0, 0.05) is 13.1 Å². The highest BCUT2D eigenvalue weighted by Gasteiger charge is 2.26. The molecule has 0 bridgehead atoms. The molecular formula is C16H25NO3. The molecule has 1 aliphatic rings. The van der Waals surface area contributed by atoms with Crippen molar-refractivity contribution >= 4 is 0 Å². The molecule has 1 aromatic carbocycles. The summed E-state index contributed by atoms with van der Waals surface area (Å²) in [6, 6.07) is 3.78. The summed E-state index contributed by atoms with van der Waals surface area (Å²) >= 11 is 0. The molecule has 20 heavy (non-hydrogen) atoms. The zero-order chi connectivity index (χ0) is 14.8. The van der Waals surface area contributed by atoms with Crippen LogP contribution in [0.5, 0.6) is 17.2 Å². The van der Waals surface area contributed by atoms with Crippen molar-refractivity contribution in [3.05, 3.63) is 17.7 Å². The van der Waals surface area contributed by atoms with Gasteiger partial charge in [-0.1, -0.05) is 13.8 Å². The number of phenolic OH excluding ortho intramolecular Hbond substituents is 1. The summed E-state index contributed by atoms with van der Waals surface area (Å²) in [5, 5.41) is 9.94. The molecule has 0 aliphatic carbocycles. The summed E-state index contributed by atoms with van der Waals surface area (Å²) in [7, 11) is 3.12. The van der Waals surface area contributed by atoms with Crippen molar-refractivity contribution < 1.29 is 14.6 Å². The molecule has 4 nitrogen and oxygen atoms in total. The Balaban J connectivity index is 2.16. The molecule has 0 spiro atoms.